The molecule has 1 unspecified atom stereocenters. The average Bonchev–Trinajstić information content (AvgIpc) is 2.48. The van der Waals surface area contributed by atoms with Crippen LogP contribution in [0.2, 0.25) is 0 Å². The first-order valence-electron chi connectivity index (χ1n) is 7.93. The van der Waals surface area contributed by atoms with E-state index in [-0.39, 0.29) is 11.8 Å². The standard InChI is InChI=1S/C16H24N2O2S/c17-15-10-11-18(16-9-5-4-8-14(15)16)21(19,20)12-13-6-2-1-3-7-13/h4-5,8-9,13,15H,1-3,6-7,10-12,17H2. The fraction of sp³-hybridized carbons (Fsp3) is 0.625. The Hall–Kier alpha value is -1.07. The lowest BCUT2D eigenvalue weighted by molar-refractivity contribution is 0.384. The molecule has 1 fully saturated rings. The summed E-state index contributed by atoms with van der Waals surface area (Å²) in [6, 6.07) is 7.59. The van der Waals surface area contributed by atoms with E-state index < -0.39 is 10.0 Å². The highest BCUT2D eigenvalue weighted by Crippen LogP contribution is 2.35. The van der Waals surface area contributed by atoms with Crippen LogP contribution in [0.15, 0.2) is 24.3 Å². The first-order chi connectivity index (χ1) is 10.1. The fourth-order valence-corrected chi connectivity index (χ4v) is 5.55. The summed E-state index contributed by atoms with van der Waals surface area (Å²) in [5, 5.41) is 0. The topological polar surface area (TPSA) is 63.4 Å². The van der Waals surface area contributed by atoms with Crippen molar-refractivity contribution in [3.8, 4) is 0 Å². The number of hydrogen-bond acceptors (Lipinski definition) is 3. The van der Waals surface area contributed by atoms with Crippen molar-refractivity contribution in [1.29, 1.82) is 0 Å². The Morgan fingerprint density at radius 3 is 2.57 bits per heavy atom. The number of fused-ring (bicyclic) bond motifs is 1. The number of hydrogen-bond donors (Lipinski definition) is 1. The van der Waals surface area contributed by atoms with Gasteiger partial charge in [-0.25, -0.2) is 8.42 Å². The van der Waals surface area contributed by atoms with Crippen LogP contribution in [0.25, 0.3) is 0 Å². The van der Waals surface area contributed by atoms with Crippen LogP contribution < -0.4 is 10.0 Å². The molecule has 4 nitrogen and oxygen atoms in total. The van der Waals surface area contributed by atoms with Gasteiger partial charge in [-0.15, -0.1) is 0 Å². The van der Waals surface area contributed by atoms with Crippen LogP contribution in [0, 0.1) is 5.92 Å². The highest BCUT2D eigenvalue weighted by molar-refractivity contribution is 7.92. The maximum absolute atomic E-state index is 12.8. The SMILES string of the molecule is NC1CCN(S(=O)(=O)CC2CCCCC2)c2ccccc21. The van der Waals surface area contributed by atoms with Gasteiger partial charge in [0.25, 0.3) is 0 Å². The third-order valence-corrected chi connectivity index (χ3v) is 6.70. The summed E-state index contributed by atoms with van der Waals surface area (Å²) in [7, 11) is -3.24. The van der Waals surface area contributed by atoms with Crippen LogP contribution in [0.4, 0.5) is 5.69 Å². The number of nitrogens with zero attached hydrogens (tertiary/aromatic N) is 1. The summed E-state index contributed by atoms with van der Waals surface area (Å²) < 4.78 is 27.2. The lowest BCUT2D eigenvalue weighted by atomic mass is 9.91. The highest BCUT2D eigenvalue weighted by atomic mass is 32.2. The summed E-state index contributed by atoms with van der Waals surface area (Å²) in [4.78, 5) is 0. The molecule has 0 aromatic heterocycles. The second kappa shape index (κ2) is 5.97. The predicted molar refractivity (Wildman–Crippen MR) is 85.7 cm³/mol. The molecule has 3 rings (SSSR count). The molecule has 5 heteroatoms. The summed E-state index contributed by atoms with van der Waals surface area (Å²) >= 11 is 0. The minimum Gasteiger partial charge on any atom is -0.324 e. The Morgan fingerprint density at radius 2 is 1.81 bits per heavy atom. The monoisotopic (exact) mass is 308 g/mol. The van der Waals surface area contributed by atoms with Gasteiger partial charge in [-0.1, -0.05) is 37.5 Å². The lowest BCUT2D eigenvalue weighted by Crippen LogP contribution is -2.41. The van der Waals surface area contributed by atoms with E-state index in [4.69, 9.17) is 5.73 Å². The second-order valence-electron chi connectivity index (χ2n) is 6.31. The van der Waals surface area contributed by atoms with Gasteiger partial charge in [0.2, 0.25) is 10.0 Å². The van der Waals surface area contributed by atoms with Crippen LogP contribution in [0.3, 0.4) is 0 Å². The molecule has 1 atom stereocenters. The zero-order chi connectivity index (χ0) is 14.9. The number of para-hydroxylation sites is 1. The highest BCUT2D eigenvalue weighted by Gasteiger charge is 2.32. The molecule has 1 aromatic rings. The van der Waals surface area contributed by atoms with Gasteiger partial charge in [-0.3, -0.25) is 4.31 Å². The minimum atomic E-state index is -3.24. The summed E-state index contributed by atoms with van der Waals surface area (Å²) in [6.07, 6.45) is 6.38. The molecule has 0 amide bonds. The van der Waals surface area contributed by atoms with Gasteiger partial charge in [0.15, 0.2) is 0 Å². The van der Waals surface area contributed by atoms with Crippen molar-refractivity contribution in [2.75, 3.05) is 16.6 Å². The molecule has 1 saturated carbocycles. The maximum atomic E-state index is 12.8. The Morgan fingerprint density at radius 1 is 1.10 bits per heavy atom. The van der Waals surface area contributed by atoms with Gasteiger partial charge < -0.3 is 5.73 Å². The number of benzene rings is 1. The minimum absolute atomic E-state index is 0.0534. The number of anilines is 1. The normalized spacial score (nSPS) is 23.9. The van der Waals surface area contributed by atoms with Crippen LogP contribution in [0.5, 0.6) is 0 Å². The van der Waals surface area contributed by atoms with Gasteiger partial charge >= 0.3 is 0 Å². The van der Waals surface area contributed by atoms with Crippen molar-refractivity contribution in [3.63, 3.8) is 0 Å². The molecule has 0 spiro atoms. The van der Waals surface area contributed by atoms with E-state index >= 15 is 0 Å². The van der Waals surface area contributed by atoms with E-state index in [2.05, 4.69) is 0 Å². The Kier molecular flexibility index (Phi) is 4.22. The third-order valence-electron chi connectivity index (χ3n) is 4.75. The smallest absolute Gasteiger partial charge is 0.235 e. The van der Waals surface area contributed by atoms with E-state index in [9.17, 15) is 8.42 Å². The number of sulfonamides is 1. The molecule has 116 valence electrons. The largest absolute Gasteiger partial charge is 0.324 e. The Balaban J connectivity index is 1.84. The Bertz CT molecular complexity index is 594. The van der Waals surface area contributed by atoms with Crippen LogP contribution in [-0.4, -0.2) is 20.7 Å². The molecular weight excluding hydrogens is 284 g/mol. The fourth-order valence-electron chi connectivity index (χ4n) is 3.59. The molecule has 1 aliphatic carbocycles. The van der Waals surface area contributed by atoms with E-state index in [0.29, 0.717) is 18.9 Å². The quantitative estimate of drug-likeness (QED) is 0.934. The first-order valence-corrected chi connectivity index (χ1v) is 9.54. The average molecular weight is 308 g/mol. The second-order valence-corrected chi connectivity index (χ2v) is 8.25. The molecule has 0 saturated heterocycles. The molecule has 0 bridgehead atoms. The molecule has 1 aliphatic heterocycles. The third kappa shape index (κ3) is 3.09. The van der Waals surface area contributed by atoms with E-state index in [1.54, 1.807) is 4.31 Å². The predicted octanol–water partition coefficient (Wildman–Crippen LogP) is 2.81. The molecular formula is C16H24N2O2S. The molecule has 2 N–H and O–H groups in total. The van der Waals surface area contributed by atoms with Gasteiger partial charge in [0.1, 0.15) is 0 Å². The number of rotatable bonds is 3. The maximum Gasteiger partial charge on any atom is 0.235 e. The molecule has 1 aromatic carbocycles. The molecule has 21 heavy (non-hydrogen) atoms. The van der Waals surface area contributed by atoms with Gasteiger partial charge in [-0.2, -0.15) is 0 Å². The van der Waals surface area contributed by atoms with E-state index in [1.165, 1.54) is 19.3 Å². The van der Waals surface area contributed by atoms with Crippen molar-refractivity contribution in [3.05, 3.63) is 29.8 Å². The lowest BCUT2D eigenvalue weighted by Gasteiger charge is -2.34. The van der Waals surface area contributed by atoms with Crippen molar-refractivity contribution in [2.24, 2.45) is 11.7 Å². The summed E-state index contributed by atoms with van der Waals surface area (Å²) in [5.74, 6) is 0.614. The van der Waals surface area contributed by atoms with Gasteiger partial charge in [-0.05, 0) is 36.8 Å². The summed E-state index contributed by atoms with van der Waals surface area (Å²) in [5.41, 5.74) is 7.85. The van der Waals surface area contributed by atoms with Gasteiger partial charge in [0.05, 0.1) is 11.4 Å². The molecule has 1 heterocycles. The van der Waals surface area contributed by atoms with E-state index in [1.807, 2.05) is 24.3 Å². The Labute approximate surface area is 127 Å². The van der Waals surface area contributed by atoms with Crippen molar-refractivity contribution in [1.82, 2.24) is 0 Å². The van der Waals surface area contributed by atoms with Crippen molar-refractivity contribution in [2.45, 2.75) is 44.6 Å². The van der Waals surface area contributed by atoms with E-state index in [0.717, 1.165) is 24.1 Å². The van der Waals surface area contributed by atoms with Crippen LogP contribution in [-0.2, 0) is 10.0 Å². The van der Waals surface area contributed by atoms with Crippen molar-refractivity contribution >= 4 is 15.7 Å². The zero-order valence-corrected chi connectivity index (χ0v) is 13.2. The zero-order valence-electron chi connectivity index (χ0n) is 12.4. The van der Waals surface area contributed by atoms with Crippen LogP contribution in [0.1, 0.15) is 50.1 Å². The molecule has 2 aliphatic rings. The summed E-state index contributed by atoms with van der Waals surface area (Å²) in [6.45, 7) is 0.507. The molecule has 0 radical (unpaired) electrons. The van der Waals surface area contributed by atoms with Crippen LogP contribution >= 0.6 is 0 Å². The van der Waals surface area contributed by atoms with Crippen molar-refractivity contribution < 1.29 is 8.42 Å². The number of nitrogens with two attached hydrogens (primary N) is 1. The first kappa shape index (κ1) is 14.9. The van der Waals surface area contributed by atoms with Gasteiger partial charge in [0, 0.05) is 12.6 Å².